The van der Waals surface area contributed by atoms with Crippen molar-refractivity contribution in [3.8, 4) is 0 Å². The maximum atomic E-state index is 12.8. The molecule has 1 rings (SSSR count). The largest absolute Gasteiger partial charge is 0.383 e. The van der Waals surface area contributed by atoms with E-state index in [1.54, 1.807) is 0 Å². The van der Waals surface area contributed by atoms with Crippen molar-refractivity contribution >= 4 is 17.6 Å². The average molecular weight is 226 g/mol. The molecule has 0 fully saturated rings. The number of nitrogens with zero attached hydrogens (tertiary/aromatic N) is 1. The number of hydrogen-bond acceptors (Lipinski definition) is 4. The summed E-state index contributed by atoms with van der Waals surface area (Å²) in [6.07, 6.45) is 0.892. The molecule has 1 unspecified atom stereocenters. The summed E-state index contributed by atoms with van der Waals surface area (Å²) in [6.45, 7) is 1.41. The van der Waals surface area contributed by atoms with E-state index in [9.17, 15) is 14.0 Å². The van der Waals surface area contributed by atoms with Gasteiger partial charge in [0.25, 0.3) is 5.91 Å². The smallest absolute Gasteiger partial charge is 0.255 e. The van der Waals surface area contributed by atoms with Crippen molar-refractivity contribution in [2.75, 3.05) is 5.73 Å². The number of amides is 2. The van der Waals surface area contributed by atoms with Gasteiger partial charge in [0, 0.05) is 0 Å². The summed E-state index contributed by atoms with van der Waals surface area (Å²) in [7, 11) is 0. The van der Waals surface area contributed by atoms with Crippen LogP contribution in [0.15, 0.2) is 12.3 Å². The Kier molecular flexibility index (Phi) is 3.39. The number of hydrogen-bond donors (Lipinski definition) is 3. The number of primary amides is 1. The number of rotatable bonds is 3. The van der Waals surface area contributed by atoms with Crippen LogP contribution >= 0.6 is 0 Å². The van der Waals surface area contributed by atoms with E-state index in [1.807, 2.05) is 0 Å². The maximum absolute atomic E-state index is 12.8. The molecule has 86 valence electrons. The normalized spacial score (nSPS) is 11.9. The number of nitrogens with one attached hydrogen (secondary N) is 1. The van der Waals surface area contributed by atoms with Gasteiger partial charge in [-0.05, 0) is 13.0 Å². The van der Waals surface area contributed by atoms with E-state index in [0.29, 0.717) is 0 Å². The quantitative estimate of drug-likeness (QED) is 0.639. The Morgan fingerprint density at radius 2 is 2.19 bits per heavy atom. The minimum atomic E-state index is -0.866. The molecule has 0 spiro atoms. The summed E-state index contributed by atoms with van der Waals surface area (Å²) in [5.41, 5.74) is 10.2. The molecule has 0 aliphatic carbocycles. The highest BCUT2D eigenvalue weighted by atomic mass is 19.1. The number of anilines is 1. The van der Waals surface area contributed by atoms with Crippen molar-refractivity contribution in [3.63, 3.8) is 0 Å². The minimum absolute atomic E-state index is 0.115. The highest BCUT2D eigenvalue weighted by Crippen LogP contribution is 2.09. The molecule has 1 heterocycles. The lowest BCUT2D eigenvalue weighted by Gasteiger charge is -2.10. The van der Waals surface area contributed by atoms with Crippen LogP contribution in [0.3, 0.4) is 0 Å². The number of pyridine rings is 1. The third-order valence-corrected chi connectivity index (χ3v) is 1.90. The number of nitrogens with two attached hydrogens (primary N) is 2. The van der Waals surface area contributed by atoms with Crippen LogP contribution in [0, 0.1) is 5.82 Å². The molecule has 0 aliphatic heterocycles. The number of nitrogen functional groups attached to an aromatic ring is 1. The molecule has 0 saturated heterocycles. The summed E-state index contributed by atoms with van der Waals surface area (Å²) in [5, 5.41) is 2.26. The van der Waals surface area contributed by atoms with Gasteiger partial charge in [0.05, 0.1) is 11.8 Å². The first kappa shape index (κ1) is 11.9. The molecule has 0 aliphatic rings. The van der Waals surface area contributed by atoms with Crippen LogP contribution in [0.1, 0.15) is 17.3 Å². The van der Waals surface area contributed by atoms with Crippen LogP contribution in [-0.4, -0.2) is 22.8 Å². The third-order valence-electron chi connectivity index (χ3n) is 1.90. The lowest BCUT2D eigenvalue weighted by atomic mass is 10.2. The van der Waals surface area contributed by atoms with Crippen molar-refractivity contribution in [2.24, 2.45) is 5.73 Å². The second kappa shape index (κ2) is 4.56. The van der Waals surface area contributed by atoms with E-state index in [-0.39, 0.29) is 11.4 Å². The number of carbonyl (C=O) groups excluding carboxylic acids is 2. The molecule has 0 saturated carbocycles. The fourth-order valence-electron chi connectivity index (χ4n) is 0.977. The topological polar surface area (TPSA) is 111 Å². The van der Waals surface area contributed by atoms with Gasteiger partial charge in [-0.3, -0.25) is 9.59 Å². The van der Waals surface area contributed by atoms with E-state index >= 15 is 0 Å². The molecule has 1 aromatic heterocycles. The SMILES string of the molecule is CC(NC(=O)c1cc(F)cnc1N)C(N)=O. The van der Waals surface area contributed by atoms with Crippen LogP contribution in [0.4, 0.5) is 10.2 Å². The standard InChI is InChI=1S/C9H11FN4O2/c1-4(8(12)15)14-9(16)6-2-5(10)3-13-7(6)11/h2-4H,1H3,(H2,11,13)(H2,12,15)(H,14,16). The van der Waals surface area contributed by atoms with Gasteiger partial charge in [-0.25, -0.2) is 9.37 Å². The number of halogens is 1. The molecule has 16 heavy (non-hydrogen) atoms. The Bertz CT molecular complexity index is 436. The molecule has 1 aromatic rings. The lowest BCUT2D eigenvalue weighted by Crippen LogP contribution is -2.42. The zero-order chi connectivity index (χ0) is 12.3. The van der Waals surface area contributed by atoms with E-state index in [2.05, 4.69) is 10.3 Å². The van der Waals surface area contributed by atoms with Crippen molar-refractivity contribution in [1.29, 1.82) is 0 Å². The predicted molar refractivity (Wildman–Crippen MR) is 54.7 cm³/mol. The fourth-order valence-corrected chi connectivity index (χ4v) is 0.977. The van der Waals surface area contributed by atoms with E-state index < -0.39 is 23.7 Å². The van der Waals surface area contributed by atoms with Crippen LogP contribution in [0.25, 0.3) is 0 Å². The average Bonchev–Trinajstić information content (AvgIpc) is 2.21. The molecule has 0 aromatic carbocycles. The summed E-state index contributed by atoms with van der Waals surface area (Å²) in [6, 6.07) is 0.0703. The van der Waals surface area contributed by atoms with Crippen molar-refractivity contribution in [1.82, 2.24) is 10.3 Å². The molecule has 0 bridgehead atoms. The van der Waals surface area contributed by atoms with E-state index in [1.165, 1.54) is 6.92 Å². The van der Waals surface area contributed by atoms with Crippen LogP contribution < -0.4 is 16.8 Å². The fraction of sp³-hybridized carbons (Fsp3) is 0.222. The Morgan fingerprint density at radius 1 is 1.56 bits per heavy atom. The van der Waals surface area contributed by atoms with Gasteiger partial charge in [0.1, 0.15) is 17.7 Å². The molecule has 2 amide bonds. The molecule has 5 N–H and O–H groups in total. The highest BCUT2D eigenvalue weighted by Gasteiger charge is 2.16. The molecule has 1 atom stereocenters. The molecule has 0 radical (unpaired) electrons. The van der Waals surface area contributed by atoms with Crippen molar-refractivity contribution in [3.05, 3.63) is 23.6 Å². The van der Waals surface area contributed by atoms with Gasteiger partial charge in [-0.15, -0.1) is 0 Å². The van der Waals surface area contributed by atoms with Gasteiger partial charge in [0.15, 0.2) is 0 Å². The lowest BCUT2D eigenvalue weighted by molar-refractivity contribution is -0.119. The maximum Gasteiger partial charge on any atom is 0.255 e. The first-order chi connectivity index (χ1) is 7.41. The van der Waals surface area contributed by atoms with Crippen LogP contribution in [0.2, 0.25) is 0 Å². The summed E-state index contributed by atoms with van der Waals surface area (Å²) in [5.74, 6) is -2.20. The first-order valence-corrected chi connectivity index (χ1v) is 4.43. The molecular weight excluding hydrogens is 215 g/mol. The van der Waals surface area contributed by atoms with Gasteiger partial charge in [0.2, 0.25) is 5.91 Å². The second-order valence-corrected chi connectivity index (χ2v) is 3.18. The summed E-state index contributed by atoms with van der Waals surface area (Å²) >= 11 is 0. The highest BCUT2D eigenvalue weighted by molar-refractivity contribution is 6.00. The van der Waals surface area contributed by atoms with Gasteiger partial charge in [-0.2, -0.15) is 0 Å². The third kappa shape index (κ3) is 2.66. The molecular formula is C9H11FN4O2. The first-order valence-electron chi connectivity index (χ1n) is 4.43. The molecule has 7 heteroatoms. The summed E-state index contributed by atoms with van der Waals surface area (Å²) < 4.78 is 12.8. The van der Waals surface area contributed by atoms with Gasteiger partial charge in [-0.1, -0.05) is 0 Å². The Labute approximate surface area is 90.8 Å². The van der Waals surface area contributed by atoms with E-state index in [4.69, 9.17) is 11.5 Å². The van der Waals surface area contributed by atoms with Crippen LogP contribution in [0.5, 0.6) is 0 Å². The summed E-state index contributed by atoms with van der Waals surface area (Å²) in [4.78, 5) is 25.7. The van der Waals surface area contributed by atoms with Crippen molar-refractivity contribution < 1.29 is 14.0 Å². The van der Waals surface area contributed by atoms with Crippen molar-refractivity contribution in [2.45, 2.75) is 13.0 Å². The number of carbonyl (C=O) groups is 2. The Hall–Kier alpha value is -2.18. The Balaban J connectivity index is 2.88. The zero-order valence-corrected chi connectivity index (χ0v) is 8.53. The number of aromatic nitrogens is 1. The monoisotopic (exact) mass is 226 g/mol. The zero-order valence-electron chi connectivity index (χ0n) is 8.53. The Morgan fingerprint density at radius 3 is 2.75 bits per heavy atom. The second-order valence-electron chi connectivity index (χ2n) is 3.18. The van der Waals surface area contributed by atoms with E-state index in [0.717, 1.165) is 12.3 Å². The van der Waals surface area contributed by atoms with Gasteiger partial charge >= 0.3 is 0 Å². The predicted octanol–water partition coefficient (Wildman–Crippen LogP) is -0.593. The molecule has 6 nitrogen and oxygen atoms in total. The minimum Gasteiger partial charge on any atom is -0.383 e. The van der Waals surface area contributed by atoms with Gasteiger partial charge < -0.3 is 16.8 Å². The van der Waals surface area contributed by atoms with Crippen LogP contribution in [-0.2, 0) is 4.79 Å².